The van der Waals surface area contributed by atoms with E-state index in [9.17, 15) is 28.1 Å². The third-order valence-corrected chi connectivity index (χ3v) is 4.07. The smallest absolute Gasteiger partial charge is 0.416 e. The summed E-state index contributed by atoms with van der Waals surface area (Å²) in [5.41, 5.74) is 4.10. The lowest BCUT2D eigenvalue weighted by molar-refractivity contribution is -0.385. The van der Waals surface area contributed by atoms with E-state index in [2.05, 4.69) is 9.89 Å². The summed E-state index contributed by atoms with van der Waals surface area (Å²) in [4.78, 5) is 26.8. The molecule has 1 atom stereocenters. The molecular formula is C18H15ClF3N3O6. The van der Waals surface area contributed by atoms with Gasteiger partial charge in [0.05, 0.1) is 22.6 Å². The fourth-order valence-electron chi connectivity index (χ4n) is 2.22. The second-order valence-electron chi connectivity index (χ2n) is 5.93. The fraction of sp³-hybridized carbons (Fsp3) is 0.222. The number of esters is 1. The highest BCUT2D eigenvalue weighted by Crippen LogP contribution is 2.37. The monoisotopic (exact) mass is 461 g/mol. The number of benzene rings is 2. The molecule has 2 rings (SSSR count). The fourth-order valence-corrected chi connectivity index (χ4v) is 2.44. The largest absolute Gasteiger partial charge is 0.466 e. The van der Waals surface area contributed by atoms with Gasteiger partial charge in [-0.05, 0) is 37.3 Å². The highest BCUT2D eigenvalue weighted by Gasteiger charge is 2.31. The van der Waals surface area contributed by atoms with Crippen molar-refractivity contribution in [3.63, 3.8) is 0 Å². The highest BCUT2D eigenvalue weighted by atomic mass is 35.5. The van der Waals surface area contributed by atoms with Crippen molar-refractivity contribution in [3.05, 3.63) is 62.7 Å². The van der Waals surface area contributed by atoms with Gasteiger partial charge in [-0.25, -0.2) is 4.79 Å². The van der Waals surface area contributed by atoms with E-state index in [0.29, 0.717) is 6.07 Å². The van der Waals surface area contributed by atoms with Gasteiger partial charge < -0.3 is 20.0 Å². The molecule has 0 spiro atoms. The van der Waals surface area contributed by atoms with E-state index in [1.807, 2.05) is 0 Å². The quantitative estimate of drug-likeness (QED) is 0.214. The molecule has 1 unspecified atom stereocenters. The Morgan fingerprint density at radius 3 is 2.48 bits per heavy atom. The predicted octanol–water partition coefficient (Wildman–Crippen LogP) is 4.26. The van der Waals surface area contributed by atoms with Crippen molar-refractivity contribution in [3.8, 4) is 11.5 Å². The summed E-state index contributed by atoms with van der Waals surface area (Å²) in [7, 11) is 1.13. The molecular weight excluding hydrogens is 447 g/mol. The molecule has 0 bridgehead atoms. The summed E-state index contributed by atoms with van der Waals surface area (Å²) in [6.07, 6.45) is -5.72. The third-order valence-electron chi connectivity index (χ3n) is 3.77. The minimum absolute atomic E-state index is 0.0265. The zero-order valence-electron chi connectivity index (χ0n) is 16.0. The van der Waals surface area contributed by atoms with Crippen LogP contribution in [0.4, 0.5) is 18.9 Å². The standard InChI is InChI=1S/C18H15ClF3N3O6/c1-9(17(26)29-2)31-24-16(23)12-8-11(4-5-14(12)25(27)28)30-15-6-3-10(7-13(15)19)18(20,21)22/h3-9H,1-2H3,(H2,23,24). The van der Waals surface area contributed by atoms with Crippen LogP contribution in [0, 0.1) is 10.1 Å². The van der Waals surface area contributed by atoms with Crippen LogP contribution >= 0.6 is 11.6 Å². The normalized spacial score (nSPS) is 12.8. The Morgan fingerprint density at radius 1 is 1.26 bits per heavy atom. The van der Waals surface area contributed by atoms with Crippen molar-refractivity contribution in [2.75, 3.05) is 7.11 Å². The Balaban J connectivity index is 2.35. The minimum atomic E-state index is -4.59. The topological polar surface area (TPSA) is 126 Å². The van der Waals surface area contributed by atoms with E-state index in [-0.39, 0.29) is 22.1 Å². The maximum absolute atomic E-state index is 12.8. The maximum Gasteiger partial charge on any atom is 0.416 e. The van der Waals surface area contributed by atoms with E-state index in [0.717, 1.165) is 31.4 Å². The first-order valence-corrected chi connectivity index (χ1v) is 8.72. The number of amidine groups is 1. The first kappa shape index (κ1) is 23.7. The molecule has 0 heterocycles. The van der Waals surface area contributed by atoms with Crippen LogP contribution in [0.15, 0.2) is 41.6 Å². The highest BCUT2D eigenvalue weighted by molar-refractivity contribution is 6.32. The van der Waals surface area contributed by atoms with E-state index < -0.39 is 40.3 Å². The Bertz CT molecular complexity index is 1030. The number of halogens is 4. The van der Waals surface area contributed by atoms with Crippen molar-refractivity contribution >= 4 is 29.1 Å². The number of alkyl halides is 3. The average molecular weight is 462 g/mol. The lowest BCUT2D eigenvalue weighted by Crippen LogP contribution is -2.23. The van der Waals surface area contributed by atoms with Crippen LogP contribution in [0.5, 0.6) is 11.5 Å². The number of rotatable bonds is 7. The summed E-state index contributed by atoms with van der Waals surface area (Å²) in [5.74, 6) is -1.35. The summed E-state index contributed by atoms with van der Waals surface area (Å²) in [6, 6.07) is 5.82. The van der Waals surface area contributed by atoms with E-state index in [1.165, 1.54) is 13.0 Å². The zero-order chi connectivity index (χ0) is 23.3. The molecule has 0 aliphatic carbocycles. The molecule has 0 saturated carbocycles. The van der Waals surface area contributed by atoms with Crippen LogP contribution in [-0.4, -0.2) is 29.9 Å². The molecule has 2 N–H and O–H groups in total. The number of carbonyl (C=O) groups is 1. The Hall–Kier alpha value is -3.54. The van der Waals surface area contributed by atoms with Gasteiger partial charge in [0.1, 0.15) is 17.1 Å². The molecule has 166 valence electrons. The molecule has 0 aliphatic rings. The molecule has 2 aromatic rings. The maximum atomic E-state index is 12.8. The van der Waals surface area contributed by atoms with Gasteiger partial charge in [-0.15, -0.1) is 0 Å². The third kappa shape index (κ3) is 5.98. The van der Waals surface area contributed by atoms with Crippen LogP contribution < -0.4 is 10.5 Å². The molecule has 0 aliphatic heterocycles. The van der Waals surface area contributed by atoms with Gasteiger partial charge in [0.2, 0.25) is 6.10 Å². The average Bonchev–Trinajstić information content (AvgIpc) is 2.71. The van der Waals surface area contributed by atoms with E-state index in [4.69, 9.17) is 26.9 Å². The number of nitro benzene ring substituents is 1. The van der Waals surface area contributed by atoms with Gasteiger partial charge >= 0.3 is 12.1 Å². The lowest BCUT2D eigenvalue weighted by atomic mass is 10.1. The number of hydrogen-bond donors (Lipinski definition) is 1. The molecule has 0 fully saturated rings. The van der Waals surface area contributed by atoms with Crippen molar-refractivity contribution in [1.29, 1.82) is 0 Å². The Labute approximate surface area is 178 Å². The van der Waals surface area contributed by atoms with Crippen LogP contribution in [-0.2, 0) is 20.5 Å². The molecule has 0 amide bonds. The second kappa shape index (κ2) is 9.51. The van der Waals surface area contributed by atoms with Crippen molar-refractivity contribution in [1.82, 2.24) is 0 Å². The van der Waals surface area contributed by atoms with Gasteiger partial charge in [0.15, 0.2) is 5.84 Å². The number of nitro groups is 1. The van der Waals surface area contributed by atoms with E-state index in [1.54, 1.807) is 0 Å². The van der Waals surface area contributed by atoms with E-state index >= 15 is 0 Å². The number of oxime groups is 1. The van der Waals surface area contributed by atoms with Crippen LogP contribution in [0.1, 0.15) is 18.1 Å². The zero-order valence-corrected chi connectivity index (χ0v) is 16.7. The summed E-state index contributed by atoms with van der Waals surface area (Å²) in [6.45, 7) is 1.32. The van der Waals surface area contributed by atoms with Crippen LogP contribution in [0.3, 0.4) is 0 Å². The molecule has 2 aromatic carbocycles. The number of hydrogen-bond acceptors (Lipinski definition) is 7. The second-order valence-corrected chi connectivity index (χ2v) is 6.34. The van der Waals surface area contributed by atoms with Gasteiger partial charge in [0.25, 0.3) is 5.69 Å². The Kier molecular flexibility index (Phi) is 7.28. The van der Waals surface area contributed by atoms with Gasteiger partial charge in [0, 0.05) is 6.07 Å². The number of methoxy groups -OCH3 is 1. The number of ether oxygens (including phenoxy) is 2. The summed E-state index contributed by atoms with van der Waals surface area (Å²) in [5, 5.41) is 14.5. The number of nitrogens with two attached hydrogens (primary N) is 1. The molecule has 13 heteroatoms. The van der Waals surface area contributed by atoms with Crippen molar-refractivity contribution < 1.29 is 37.2 Å². The first-order chi connectivity index (χ1) is 14.4. The number of carbonyl (C=O) groups excluding carboxylic acids is 1. The molecule has 31 heavy (non-hydrogen) atoms. The van der Waals surface area contributed by atoms with Gasteiger partial charge in [-0.1, -0.05) is 16.8 Å². The van der Waals surface area contributed by atoms with Crippen LogP contribution in [0.2, 0.25) is 5.02 Å². The molecule has 0 aromatic heterocycles. The van der Waals surface area contributed by atoms with Crippen molar-refractivity contribution in [2.45, 2.75) is 19.2 Å². The molecule has 9 nitrogen and oxygen atoms in total. The first-order valence-electron chi connectivity index (χ1n) is 8.34. The SMILES string of the molecule is COC(=O)C(C)O/N=C(\N)c1cc(Oc2ccc(C(F)(F)F)cc2Cl)ccc1[N+](=O)[O-]. The van der Waals surface area contributed by atoms with Crippen LogP contribution in [0.25, 0.3) is 0 Å². The summed E-state index contributed by atoms with van der Waals surface area (Å²) < 4.78 is 48.2. The molecule has 0 saturated heterocycles. The Morgan fingerprint density at radius 2 is 1.94 bits per heavy atom. The van der Waals surface area contributed by atoms with Gasteiger partial charge in [-0.2, -0.15) is 13.2 Å². The van der Waals surface area contributed by atoms with Gasteiger partial charge in [-0.3, -0.25) is 10.1 Å². The number of nitrogens with zero attached hydrogens (tertiary/aromatic N) is 2. The summed E-state index contributed by atoms with van der Waals surface area (Å²) >= 11 is 5.85. The molecule has 0 radical (unpaired) electrons. The minimum Gasteiger partial charge on any atom is -0.466 e. The van der Waals surface area contributed by atoms with Crippen molar-refractivity contribution in [2.24, 2.45) is 10.9 Å². The lowest BCUT2D eigenvalue weighted by Gasteiger charge is -2.12. The predicted molar refractivity (Wildman–Crippen MR) is 103 cm³/mol.